The van der Waals surface area contributed by atoms with Crippen LogP contribution in [0.15, 0.2) is 47.5 Å². The van der Waals surface area contributed by atoms with Gasteiger partial charge in [-0.2, -0.15) is 0 Å². The molecule has 0 radical (unpaired) electrons. The van der Waals surface area contributed by atoms with E-state index in [0.29, 0.717) is 18.0 Å². The summed E-state index contributed by atoms with van der Waals surface area (Å²) in [5.74, 6) is 1.21. The van der Waals surface area contributed by atoms with Gasteiger partial charge in [-0.1, -0.05) is 29.8 Å². The van der Waals surface area contributed by atoms with E-state index in [1.807, 2.05) is 43.3 Å². The summed E-state index contributed by atoms with van der Waals surface area (Å²) in [5, 5.41) is 10.1. The minimum Gasteiger partial charge on any atom is -0.495 e. The van der Waals surface area contributed by atoms with E-state index in [0.717, 1.165) is 36.1 Å². The summed E-state index contributed by atoms with van der Waals surface area (Å²) in [7, 11) is 1.57. The van der Waals surface area contributed by atoms with Crippen LogP contribution in [0.2, 0.25) is 5.02 Å². The Hall–Kier alpha value is -2.00. The van der Waals surface area contributed by atoms with Crippen LogP contribution in [0.4, 0.5) is 5.69 Å². The molecule has 0 aliphatic rings. The van der Waals surface area contributed by atoms with Gasteiger partial charge in [-0.25, -0.2) is 4.99 Å². The monoisotopic (exact) mass is 530 g/mol. The number of anilines is 1. The molecule has 1 amide bonds. The predicted octanol–water partition coefficient (Wildman–Crippen LogP) is 4.22. The molecule has 158 valence electrons. The minimum absolute atomic E-state index is 0. The fourth-order valence-electron chi connectivity index (χ4n) is 2.67. The van der Waals surface area contributed by atoms with Crippen molar-refractivity contribution >= 4 is 53.1 Å². The van der Waals surface area contributed by atoms with Gasteiger partial charge < -0.3 is 20.7 Å². The first-order valence-electron chi connectivity index (χ1n) is 9.23. The van der Waals surface area contributed by atoms with Gasteiger partial charge in [-0.15, -0.1) is 24.0 Å². The number of aliphatic imine (C=N–C) groups is 1. The van der Waals surface area contributed by atoms with Gasteiger partial charge in [-0.05, 0) is 48.7 Å². The van der Waals surface area contributed by atoms with Gasteiger partial charge in [0.1, 0.15) is 5.75 Å². The number of ether oxygens (including phenoxy) is 1. The largest absolute Gasteiger partial charge is 0.495 e. The van der Waals surface area contributed by atoms with Gasteiger partial charge in [0.05, 0.1) is 19.3 Å². The van der Waals surface area contributed by atoms with Crippen LogP contribution in [0, 0.1) is 0 Å². The Bertz CT molecular complexity index is 830. The van der Waals surface area contributed by atoms with Crippen molar-refractivity contribution in [3.8, 4) is 5.75 Å². The number of carbonyl (C=O) groups is 1. The lowest BCUT2D eigenvalue weighted by atomic mass is 10.1. The lowest BCUT2D eigenvalue weighted by Crippen LogP contribution is -2.38. The first kappa shape index (κ1) is 25.0. The lowest BCUT2D eigenvalue weighted by molar-refractivity contribution is -0.114. The van der Waals surface area contributed by atoms with Crippen LogP contribution in [-0.2, 0) is 17.8 Å². The van der Waals surface area contributed by atoms with Gasteiger partial charge >= 0.3 is 0 Å². The molecule has 0 spiro atoms. The second kappa shape index (κ2) is 13.3. The Morgan fingerprint density at radius 3 is 2.59 bits per heavy atom. The van der Waals surface area contributed by atoms with E-state index in [4.69, 9.17) is 16.3 Å². The Morgan fingerprint density at radius 2 is 1.93 bits per heavy atom. The fourth-order valence-corrected chi connectivity index (χ4v) is 2.88. The first-order chi connectivity index (χ1) is 13.5. The summed E-state index contributed by atoms with van der Waals surface area (Å²) in [6.07, 6.45) is 0.847. The number of benzene rings is 2. The second-order valence-electron chi connectivity index (χ2n) is 6.22. The van der Waals surface area contributed by atoms with Gasteiger partial charge in [0.25, 0.3) is 0 Å². The molecule has 2 aromatic rings. The highest BCUT2D eigenvalue weighted by atomic mass is 127. The molecule has 0 atom stereocenters. The Labute approximate surface area is 194 Å². The Balaban J connectivity index is 0.00000420. The Kier molecular flexibility index (Phi) is 11.5. The summed E-state index contributed by atoms with van der Waals surface area (Å²) in [6, 6.07) is 13.5. The van der Waals surface area contributed by atoms with Crippen LogP contribution in [0.5, 0.6) is 5.75 Å². The average molecular weight is 531 g/mol. The third-order valence-electron chi connectivity index (χ3n) is 3.93. The molecule has 0 fully saturated rings. The summed E-state index contributed by atoms with van der Waals surface area (Å²) < 4.78 is 5.28. The summed E-state index contributed by atoms with van der Waals surface area (Å²) >= 11 is 6.03. The molecule has 0 unspecified atom stereocenters. The highest BCUT2D eigenvalue weighted by Gasteiger charge is 2.06. The topological polar surface area (TPSA) is 74.8 Å². The van der Waals surface area contributed by atoms with Crippen molar-refractivity contribution in [3.63, 3.8) is 0 Å². The molecular weight excluding hydrogens is 503 g/mol. The zero-order valence-corrected chi connectivity index (χ0v) is 20.0. The minimum atomic E-state index is -0.144. The standard InChI is InChI=1S/C21H27ClN4O2.HI/c1-4-23-21(24-11-10-16-6-5-7-18(22)12-16)25-14-17-8-9-20(28-3)19(13-17)26-15(2)27;/h5-9,12-13H,4,10-11,14H2,1-3H3,(H,26,27)(H2,23,24,25);1H. The number of rotatable bonds is 8. The third kappa shape index (κ3) is 8.91. The van der Waals surface area contributed by atoms with Gasteiger partial charge in [0.2, 0.25) is 5.91 Å². The van der Waals surface area contributed by atoms with Crippen LogP contribution < -0.4 is 20.7 Å². The molecule has 0 aliphatic carbocycles. The maximum atomic E-state index is 11.4. The zero-order valence-electron chi connectivity index (χ0n) is 16.9. The maximum absolute atomic E-state index is 11.4. The molecule has 29 heavy (non-hydrogen) atoms. The van der Waals surface area contributed by atoms with E-state index in [9.17, 15) is 4.79 Å². The summed E-state index contributed by atoms with van der Waals surface area (Å²) in [6.45, 7) is 5.48. The molecule has 2 aromatic carbocycles. The number of nitrogens with one attached hydrogen (secondary N) is 3. The number of guanidine groups is 1. The van der Waals surface area contributed by atoms with Crippen molar-refractivity contribution in [2.24, 2.45) is 4.99 Å². The Morgan fingerprint density at radius 1 is 1.14 bits per heavy atom. The number of hydrogen-bond acceptors (Lipinski definition) is 3. The van der Waals surface area contributed by atoms with Gasteiger partial charge in [-0.3, -0.25) is 4.79 Å². The van der Waals surface area contributed by atoms with Crippen LogP contribution in [0.25, 0.3) is 0 Å². The van der Waals surface area contributed by atoms with Crippen molar-refractivity contribution in [3.05, 3.63) is 58.6 Å². The molecule has 6 nitrogen and oxygen atoms in total. The molecule has 0 saturated heterocycles. The second-order valence-corrected chi connectivity index (χ2v) is 6.65. The molecule has 3 N–H and O–H groups in total. The van der Waals surface area contributed by atoms with Crippen LogP contribution >= 0.6 is 35.6 Å². The van der Waals surface area contributed by atoms with E-state index in [-0.39, 0.29) is 29.9 Å². The van der Waals surface area contributed by atoms with Crippen molar-refractivity contribution in [1.82, 2.24) is 10.6 Å². The number of nitrogens with zero attached hydrogens (tertiary/aromatic N) is 1. The molecule has 8 heteroatoms. The van der Waals surface area contributed by atoms with E-state index in [2.05, 4.69) is 27.0 Å². The average Bonchev–Trinajstić information content (AvgIpc) is 2.66. The van der Waals surface area contributed by atoms with E-state index in [1.54, 1.807) is 7.11 Å². The number of methoxy groups -OCH3 is 1. The number of amides is 1. The fraction of sp³-hybridized carbons (Fsp3) is 0.333. The van der Waals surface area contributed by atoms with Crippen molar-refractivity contribution < 1.29 is 9.53 Å². The normalized spacial score (nSPS) is 10.7. The zero-order chi connectivity index (χ0) is 20.4. The smallest absolute Gasteiger partial charge is 0.221 e. The summed E-state index contributed by atoms with van der Waals surface area (Å²) in [4.78, 5) is 16.0. The molecular formula is C21H28ClIN4O2. The van der Waals surface area contributed by atoms with Crippen LogP contribution in [-0.4, -0.2) is 32.1 Å². The SMILES string of the molecule is CCNC(=NCc1ccc(OC)c(NC(C)=O)c1)NCCc1cccc(Cl)c1.I. The highest BCUT2D eigenvalue weighted by Crippen LogP contribution is 2.25. The molecule has 0 heterocycles. The predicted molar refractivity (Wildman–Crippen MR) is 131 cm³/mol. The summed E-state index contributed by atoms with van der Waals surface area (Å²) in [5.41, 5.74) is 2.78. The van der Waals surface area contributed by atoms with Crippen molar-refractivity contribution in [2.75, 3.05) is 25.5 Å². The van der Waals surface area contributed by atoms with E-state index >= 15 is 0 Å². The molecule has 0 aromatic heterocycles. The van der Waals surface area contributed by atoms with Crippen LogP contribution in [0.1, 0.15) is 25.0 Å². The van der Waals surface area contributed by atoms with Crippen molar-refractivity contribution in [2.45, 2.75) is 26.8 Å². The maximum Gasteiger partial charge on any atom is 0.221 e. The molecule has 2 rings (SSSR count). The molecule has 0 aliphatic heterocycles. The van der Waals surface area contributed by atoms with Gasteiger partial charge in [0.15, 0.2) is 5.96 Å². The number of halogens is 2. The highest BCUT2D eigenvalue weighted by molar-refractivity contribution is 14.0. The first-order valence-corrected chi connectivity index (χ1v) is 9.60. The molecule has 0 saturated carbocycles. The molecule has 0 bridgehead atoms. The van der Waals surface area contributed by atoms with Gasteiger partial charge in [0, 0.05) is 25.0 Å². The number of carbonyl (C=O) groups excluding carboxylic acids is 1. The van der Waals surface area contributed by atoms with Crippen LogP contribution in [0.3, 0.4) is 0 Å². The van der Waals surface area contributed by atoms with E-state index in [1.165, 1.54) is 12.5 Å². The third-order valence-corrected chi connectivity index (χ3v) is 4.17. The quantitative estimate of drug-likeness (QED) is 0.271. The van der Waals surface area contributed by atoms with E-state index < -0.39 is 0 Å². The lowest BCUT2D eigenvalue weighted by Gasteiger charge is -2.13. The number of hydrogen-bond donors (Lipinski definition) is 3. The van der Waals surface area contributed by atoms with Crippen molar-refractivity contribution in [1.29, 1.82) is 0 Å².